The van der Waals surface area contributed by atoms with Gasteiger partial charge in [-0.25, -0.2) is 21.1 Å². The first-order valence-corrected chi connectivity index (χ1v) is 13.4. The lowest BCUT2D eigenvalue weighted by molar-refractivity contribution is 0.0905. The molecular weight excluding hydrogens is 440 g/mol. The minimum Gasteiger partial charge on any atom is -0.487 e. The van der Waals surface area contributed by atoms with Crippen molar-refractivity contribution in [3.63, 3.8) is 0 Å². The standard InChI is InChI=1S/C21H32N2O6S2/c1-15(2)7-8-18-9-10-21-19(11-18)29-20(13-22(5)30(6,25)26)16(3)12-23(17(4)14-24)31(21,27)28/h9-11,15-17,20,24H,12-14H2,1-6H3/t16-,17-,20+/m1/s1. The lowest BCUT2D eigenvalue weighted by Crippen LogP contribution is -2.50. The molecule has 8 nitrogen and oxygen atoms in total. The van der Waals surface area contributed by atoms with E-state index >= 15 is 0 Å². The van der Waals surface area contributed by atoms with E-state index in [-0.39, 0.29) is 42.2 Å². The van der Waals surface area contributed by atoms with Crippen molar-refractivity contribution in [3.05, 3.63) is 23.8 Å². The van der Waals surface area contributed by atoms with Gasteiger partial charge in [-0.3, -0.25) is 0 Å². The molecule has 31 heavy (non-hydrogen) atoms. The van der Waals surface area contributed by atoms with Crippen LogP contribution in [0.15, 0.2) is 23.1 Å². The Bertz CT molecular complexity index is 1060. The van der Waals surface area contributed by atoms with Gasteiger partial charge >= 0.3 is 0 Å². The predicted octanol–water partition coefficient (Wildman–Crippen LogP) is 1.35. The van der Waals surface area contributed by atoms with Gasteiger partial charge in [0, 0.05) is 37.0 Å². The van der Waals surface area contributed by atoms with Gasteiger partial charge in [-0.2, -0.15) is 4.31 Å². The van der Waals surface area contributed by atoms with E-state index in [0.29, 0.717) is 5.56 Å². The Hall–Kier alpha value is -1.64. The molecule has 0 bridgehead atoms. The predicted molar refractivity (Wildman–Crippen MR) is 120 cm³/mol. The molecule has 2 rings (SSSR count). The van der Waals surface area contributed by atoms with Crippen molar-refractivity contribution in [2.24, 2.45) is 11.8 Å². The quantitative estimate of drug-likeness (QED) is 0.649. The summed E-state index contributed by atoms with van der Waals surface area (Å²) in [4.78, 5) is -0.0261. The number of ether oxygens (including phenoxy) is 1. The minimum atomic E-state index is -3.95. The van der Waals surface area contributed by atoms with Gasteiger partial charge in [0.15, 0.2) is 0 Å². The first-order chi connectivity index (χ1) is 14.3. The molecule has 0 fully saturated rings. The van der Waals surface area contributed by atoms with Gasteiger partial charge in [0.25, 0.3) is 0 Å². The van der Waals surface area contributed by atoms with Crippen molar-refractivity contribution in [1.29, 1.82) is 0 Å². The number of aliphatic hydroxyl groups is 1. The summed E-state index contributed by atoms with van der Waals surface area (Å²) in [6.07, 6.45) is 0.509. The highest BCUT2D eigenvalue weighted by molar-refractivity contribution is 7.89. The first-order valence-electron chi connectivity index (χ1n) is 10.1. The number of aliphatic hydroxyl groups excluding tert-OH is 1. The zero-order valence-corrected chi connectivity index (χ0v) is 20.5. The highest BCUT2D eigenvalue weighted by Gasteiger charge is 2.38. The number of nitrogens with zero attached hydrogens (tertiary/aromatic N) is 2. The molecule has 0 radical (unpaired) electrons. The molecule has 0 unspecified atom stereocenters. The summed E-state index contributed by atoms with van der Waals surface area (Å²) in [6.45, 7) is 7.15. The number of rotatable bonds is 5. The van der Waals surface area contributed by atoms with E-state index in [1.54, 1.807) is 26.0 Å². The zero-order chi connectivity index (χ0) is 23.6. The molecule has 1 aromatic carbocycles. The number of fused-ring (bicyclic) bond motifs is 1. The Morgan fingerprint density at radius 3 is 2.52 bits per heavy atom. The summed E-state index contributed by atoms with van der Waals surface area (Å²) >= 11 is 0. The van der Waals surface area contributed by atoms with Crippen LogP contribution in [0.2, 0.25) is 0 Å². The van der Waals surface area contributed by atoms with Crippen LogP contribution >= 0.6 is 0 Å². The molecule has 10 heteroatoms. The Kier molecular flexibility index (Phi) is 8.16. The Balaban J connectivity index is 2.62. The van der Waals surface area contributed by atoms with Crippen LogP contribution in [0.1, 0.15) is 33.3 Å². The number of benzene rings is 1. The fourth-order valence-corrected chi connectivity index (χ4v) is 5.38. The molecule has 1 aliphatic rings. The van der Waals surface area contributed by atoms with Crippen molar-refractivity contribution in [1.82, 2.24) is 8.61 Å². The van der Waals surface area contributed by atoms with Crippen LogP contribution in [0.25, 0.3) is 0 Å². The average molecular weight is 473 g/mol. The average Bonchev–Trinajstić information content (AvgIpc) is 2.67. The summed E-state index contributed by atoms with van der Waals surface area (Å²) in [5.74, 6) is 5.98. The van der Waals surface area contributed by atoms with Gasteiger partial charge in [0.2, 0.25) is 20.0 Å². The van der Waals surface area contributed by atoms with Gasteiger partial charge in [0.1, 0.15) is 16.7 Å². The third-order valence-corrected chi connectivity index (χ3v) is 8.48. The first kappa shape index (κ1) is 25.6. The molecule has 1 heterocycles. The van der Waals surface area contributed by atoms with Crippen LogP contribution < -0.4 is 4.74 Å². The SMILES string of the molecule is CC(C)C#Cc1ccc2c(c1)O[C@@H](CN(C)S(C)(=O)=O)[C@H](C)CN([C@H](C)CO)S2(=O)=O. The topological polar surface area (TPSA) is 104 Å². The molecular formula is C21H32N2O6S2. The number of hydrogen-bond donors (Lipinski definition) is 1. The maximum absolute atomic E-state index is 13.4. The minimum absolute atomic E-state index is 0.0261. The lowest BCUT2D eigenvalue weighted by Gasteiger charge is -2.37. The summed E-state index contributed by atoms with van der Waals surface area (Å²) in [7, 11) is -5.94. The van der Waals surface area contributed by atoms with Gasteiger partial charge < -0.3 is 9.84 Å². The summed E-state index contributed by atoms with van der Waals surface area (Å²) in [5, 5.41) is 9.66. The van der Waals surface area contributed by atoms with Crippen LogP contribution in [0.4, 0.5) is 0 Å². The summed E-state index contributed by atoms with van der Waals surface area (Å²) in [5.41, 5.74) is 0.604. The van der Waals surface area contributed by atoms with Gasteiger partial charge in [0.05, 0.1) is 19.4 Å². The number of sulfonamides is 2. The van der Waals surface area contributed by atoms with Crippen LogP contribution in [-0.4, -0.2) is 75.7 Å². The molecule has 0 aliphatic carbocycles. The Labute approximate surface area is 186 Å². The zero-order valence-electron chi connectivity index (χ0n) is 18.9. The van der Waals surface area contributed by atoms with Crippen molar-refractivity contribution in [2.75, 3.05) is 33.0 Å². The van der Waals surface area contributed by atoms with Crippen LogP contribution in [0, 0.1) is 23.7 Å². The molecule has 1 aromatic rings. The van der Waals surface area contributed by atoms with E-state index in [2.05, 4.69) is 11.8 Å². The van der Waals surface area contributed by atoms with E-state index in [9.17, 15) is 21.9 Å². The van der Waals surface area contributed by atoms with Crippen LogP contribution in [-0.2, 0) is 20.0 Å². The van der Waals surface area contributed by atoms with E-state index in [1.165, 1.54) is 21.7 Å². The molecule has 0 aromatic heterocycles. The number of likely N-dealkylation sites (N-methyl/N-ethyl adjacent to an activating group) is 1. The molecule has 0 spiro atoms. The highest BCUT2D eigenvalue weighted by atomic mass is 32.2. The molecule has 0 saturated heterocycles. The Morgan fingerprint density at radius 1 is 1.32 bits per heavy atom. The molecule has 174 valence electrons. The van der Waals surface area contributed by atoms with Crippen molar-refractivity contribution >= 4 is 20.0 Å². The van der Waals surface area contributed by atoms with E-state index in [1.807, 2.05) is 13.8 Å². The molecule has 1 aliphatic heterocycles. The second kappa shape index (κ2) is 9.88. The maximum atomic E-state index is 13.4. The second-order valence-corrected chi connectivity index (χ2v) is 12.3. The van der Waals surface area contributed by atoms with Gasteiger partial charge in [-0.05, 0) is 25.1 Å². The van der Waals surface area contributed by atoms with Crippen molar-refractivity contribution in [2.45, 2.75) is 44.7 Å². The molecule has 0 amide bonds. The normalized spacial score (nSPS) is 22.6. The lowest BCUT2D eigenvalue weighted by atomic mass is 10.0. The van der Waals surface area contributed by atoms with E-state index in [0.717, 1.165) is 6.26 Å². The molecule has 3 atom stereocenters. The van der Waals surface area contributed by atoms with Crippen molar-refractivity contribution in [3.8, 4) is 17.6 Å². The van der Waals surface area contributed by atoms with Crippen LogP contribution in [0.3, 0.4) is 0 Å². The van der Waals surface area contributed by atoms with Gasteiger partial charge in [-0.1, -0.05) is 32.6 Å². The molecule has 1 N–H and O–H groups in total. The van der Waals surface area contributed by atoms with E-state index in [4.69, 9.17) is 4.74 Å². The van der Waals surface area contributed by atoms with Crippen molar-refractivity contribution < 1.29 is 26.7 Å². The largest absolute Gasteiger partial charge is 0.487 e. The molecule has 0 saturated carbocycles. The fraction of sp³-hybridized carbons (Fsp3) is 0.619. The maximum Gasteiger partial charge on any atom is 0.247 e. The van der Waals surface area contributed by atoms with Crippen LogP contribution in [0.5, 0.6) is 5.75 Å². The second-order valence-electron chi connectivity index (χ2n) is 8.37. The Morgan fingerprint density at radius 2 is 1.97 bits per heavy atom. The third-order valence-electron chi connectivity index (χ3n) is 5.18. The number of hydrogen-bond acceptors (Lipinski definition) is 6. The highest BCUT2D eigenvalue weighted by Crippen LogP contribution is 2.34. The third kappa shape index (κ3) is 6.20. The van der Waals surface area contributed by atoms with E-state index < -0.39 is 32.2 Å². The summed E-state index contributed by atoms with van der Waals surface area (Å²) < 4.78 is 59.2. The smallest absolute Gasteiger partial charge is 0.247 e. The summed E-state index contributed by atoms with van der Waals surface area (Å²) in [6, 6.07) is 4.02. The monoisotopic (exact) mass is 472 g/mol. The fourth-order valence-electron chi connectivity index (χ4n) is 3.14. The van der Waals surface area contributed by atoms with Gasteiger partial charge in [-0.15, -0.1) is 0 Å².